The van der Waals surface area contributed by atoms with Gasteiger partial charge in [-0.25, -0.2) is 0 Å². The van der Waals surface area contributed by atoms with E-state index in [4.69, 9.17) is 5.11 Å². The van der Waals surface area contributed by atoms with Gasteiger partial charge in [-0.3, -0.25) is 9.59 Å². The lowest BCUT2D eigenvalue weighted by Gasteiger charge is -2.34. The van der Waals surface area contributed by atoms with Gasteiger partial charge in [0.25, 0.3) is 0 Å². The number of methoxy groups -OCH3 is 1. The van der Waals surface area contributed by atoms with Crippen molar-refractivity contribution in [1.29, 1.82) is 0 Å². The first-order chi connectivity index (χ1) is 11.8. The number of nitrogens with zero attached hydrogens (tertiary/aromatic N) is 2. The van der Waals surface area contributed by atoms with Crippen molar-refractivity contribution in [3.05, 3.63) is 0 Å². The minimum atomic E-state index is -0.824. The summed E-state index contributed by atoms with van der Waals surface area (Å²) in [5.41, 5.74) is 0. The Kier molecular flexibility index (Phi) is 11.8. The van der Waals surface area contributed by atoms with E-state index in [1.807, 2.05) is 0 Å². The molecule has 2 heterocycles. The number of hydrogen-bond acceptors (Lipinski definition) is 7. The fourth-order valence-corrected chi connectivity index (χ4v) is 3.46. The number of carbonyl (C=O) groups is 2. The van der Waals surface area contributed by atoms with E-state index in [1.165, 1.54) is 7.11 Å². The maximum atomic E-state index is 11.3. The summed E-state index contributed by atoms with van der Waals surface area (Å²) in [6, 6.07) is -0.738. The number of piperidine rings is 2. The molecule has 0 radical (unpaired) electrons. The number of esters is 1. The van der Waals surface area contributed by atoms with Crippen molar-refractivity contribution >= 4 is 26.0 Å². The van der Waals surface area contributed by atoms with E-state index in [-0.39, 0.29) is 19.4 Å². The van der Waals surface area contributed by atoms with Crippen molar-refractivity contribution in [2.24, 2.45) is 0 Å². The predicted octanol–water partition coefficient (Wildman–Crippen LogP) is 0.796. The topological polar surface area (TPSA) is 111 Å². The molecule has 0 aliphatic carbocycles. The van der Waals surface area contributed by atoms with E-state index in [0.717, 1.165) is 38.6 Å². The van der Waals surface area contributed by atoms with Crippen molar-refractivity contribution in [3.63, 3.8) is 0 Å². The summed E-state index contributed by atoms with van der Waals surface area (Å²) in [5.74, 6) is -1.06. The highest BCUT2D eigenvalue weighted by Crippen LogP contribution is 2.19. The second-order valence-electron chi connectivity index (χ2n) is 6.62. The van der Waals surface area contributed by atoms with Gasteiger partial charge >= 0.3 is 26.0 Å². The molecular weight excluding hydrogens is 338 g/mol. The Bertz CT molecular complexity index is 439. The van der Waals surface area contributed by atoms with Crippen LogP contribution < -0.4 is 0 Å². The quantitative estimate of drug-likeness (QED) is 0.491. The average Bonchev–Trinajstić information content (AvgIpc) is 2.61. The van der Waals surface area contributed by atoms with E-state index < -0.39 is 26.1 Å². The van der Waals surface area contributed by atoms with Gasteiger partial charge in [-0.1, -0.05) is 20.3 Å². The van der Waals surface area contributed by atoms with E-state index >= 15 is 0 Å². The van der Waals surface area contributed by atoms with Crippen molar-refractivity contribution in [2.75, 3.05) is 20.2 Å². The summed E-state index contributed by atoms with van der Waals surface area (Å²) < 4.78 is 4.68. The molecule has 0 bridgehead atoms. The molecule has 0 unspecified atom stereocenters. The molecule has 0 aromatic rings. The van der Waals surface area contributed by atoms with Crippen LogP contribution in [0.1, 0.15) is 46.0 Å². The lowest BCUT2D eigenvalue weighted by Crippen LogP contribution is -2.51. The van der Waals surface area contributed by atoms with Crippen LogP contribution in [0.4, 0.5) is 0 Å². The van der Waals surface area contributed by atoms with E-state index in [1.54, 1.807) is 23.3 Å². The number of carbonyl (C=O) groups excluding carboxylic acids is 1. The summed E-state index contributed by atoms with van der Waals surface area (Å²) in [5, 5.41) is 27.5. The van der Waals surface area contributed by atoms with Crippen molar-refractivity contribution < 1.29 is 29.5 Å². The molecule has 2 aliphatic rings. The van der Waals surface area contributed by atoms with Gasteiger partial charge in [-0.2, -0.15) is 0 Å². The van der Waals surface area contributed by atoms with Gasteiger partial charge in [0.1, 0.15) is 12.1 Å². The zero-order chi connectivity index (χ0) is 19.0. The predicted molar refractivity (Wildman–Crippen MR) is 103 cm³/mol. The molecule has 2 aliphatic heterocycles. The number of carboxylic acids is 1. The molecule has 0 saturated carbocycles. The Morgan fingerprint density at radius 3 is 1.69 bits per heavy atom. The first-order valence-corrected chi connectivity index (χ1v) is 8.97. The Hall–Kier alpha value is -1.09. The second kappa shape index (κ2) is 12.3. The molecule has 0 aromatic heterocycles. The molecule has 2 fully saturated rings. The molecule has 3 N–H and O–H groups in total. The highest BCUT2D eigenvalue weighted by Gasteiger charge is 2.33. The molecule has 0 amide bonds. The first kappa shape index (κ1) is 24.9. The van der Waals surface area contributed by atoms with Gasteiger partial charge < -0.3 is 29.5 Å². The largest absolute Gasteiger partial charge is 0.480 e. The highest BCUT2D eigenvalue weighted by molar-refractivity contribution is 6.46. The van der Waals surface area contributed by atoms with Crippen LogP contribution in [0.25, 0.3) is 0 Å². The van der Waals surface area contributed by atoms with E-state index in [0.29, 0.717) is 13.0 Å². The number of hydrogen-bond donors (Lipinski definition) is 3. The normalized spacial score (nSPS) is 23.7. The third-order valence-corrected chi connectivity index (χ3v) is 4.81. The Labute approximate surface area is 157 Å². The van der Waals surface area contributed by atoms with Crippen LogP contribution >= 0.6 is 0 Å². The maximum Gasteiger partial charge on any atom is 0.377 e. The number of aliphatic carboxylic acids is 1. The van der Waals surface area contributed by atoms with Crippen LogP contribution in [0, 0.1) is 0 Å². The number of rotatable bonds is 4. The molecule has 0 spiro atoms. The fraction of sp³-hybridized carbons (Fsp3) is 0.875. The van der Waals surface area contributed by atoms with Gasteiger partial charge in [0, 0.05) is 0 Å². The second-order valence-corrected chi connectivity index (χ2v) is 6.62. The summed E-state index contributed by atoms with van der Waals surface area (Å²) >= 11 is 0. The SMILES string of the molecule is C.CB(O)N1CCCC[C@@H]1C(=O)O.COC(=O)[C@H]1CCCCN1B(C)O. The maximum absolute atomic E-state index is 11.3. The third-order valence-electron chi connectivity index (χ3n) is 4.81. The molecule has 26 heavy (non-hydrogen) atoms. The molecule has 2 rings (SSSR count). The summed E-state index contributed by atoms with van der Waals surface area (Å²) in [4.78, 5) is 25.4. The molecule has 2 saturated heterocycles. The Morgan fingerprint density at radius 2 is 1.35 bits per heavy atom. The van der Waals surface area contributed by atoms with Crippen LogP contribution in [0.15, 0.2) is 0 Å². The minimum absolute atomic E-state index is 0. The van der Waals surface area contributed by atoms with Crippen LogP contribution in [-0.4, -0.2) is 83.1 Å². The molecule has 10 heteroatoms. The molecule has 2 atom stereocenters. The van der Waals surface area contributed by atoms with E-state index in [9.17, 15) is 19.6 Å². The van der Waals surface area contributed by atoms with Gasteiger partial charge in [-0.05, 0) is 52.4 Å². The van der Waals surface area contributed by atoms with E-state index in [2.05, 4.69) is 4.74 Å². The van der Waals surface area contributed by atoms with Crippen LogP contribution in [0.2, 0.25) is 13.6 Å². The van der Waals surface area contributed by atoms with Gasteiger partial charge in [0.15, 0.2) is 0 Å². The lowest BCUT2D eigenvalue weighted by molar-refractivity contribution is -0.146. The average molecular weight is 372 g/mol. The summed E-state index contributed by atoms with van der Waals surface area (Å²) in [6.45, 7) is 4.76. The summed E-state index contributed by atoms with van der Waals surface area (Å²) in [6.07, 6.45) is 5.44. The monoisotopic (exact) mass is 372 g/mol. The van der Waals surface area contributed by atoms with Crippen LogP contribution in [-0.2, 0) is 14.3 Å². The number of ether oxygens (including phenoxy) is 1. The van der Waals surface area contributed by atoms with Gasteiger partial charge in [0.2, 0.25) is 0 Å². The third kappa shape index (κ3) is 7.26. The fourth-order valence-electron chi connectivity index (χ4n) is 3.46. The van der Waals surface area contributed by atoms with Crippen LogP contribution in [0.5, 0.6) is 0 Å². The molecular formula is C16H34B2N2O6. The zero-order valence-electron chi connectivity index (χ0n) is 15.4. The van der Waals surface area contributed by atoms with Crippen molar-refractivity contribution in [2.45, 2.75) is 71.7 Å². The molecule has 8 nitrogen and oxygen atoms in total. The molecule has 150 valence electrons. The highest BCUT2D eigenvalue weighted by atomic mass is 16.5. The van der Waals surface area contributed by atoms with Crippen molar-refractivity contribution in [3.8, 4) is 0 Å². The lowest BCUT2D eigenvalue weighted by atomic mass is 9.80. The van der Waals surface area contributed by atoms with Gasteiger partial charge in [0.05, 0.1) is 7.11 Å². The Morgan fingerprint density at radius 1 is 0.923 bits per heavy atom. The first-order valence-electron chi connectivity index (χ1n) is 8.97. The minimum Gasteiger partial charge on any atom is -0.480 e. The summed E-state index contributed by atoms with van der Waals surface area (Å²) in [7, 11) is 0.174. The Balaban J connectivity index is 0.000000464. The zero-order valence-corrected chi connectivity index (χ0v) is 15.4. The van der Waals surface area contributed by atoms with Gasteiger partial charge in [-0.15, -0.1) is 0 Å². The molecule has 0 aromatic carbocycles. The standard InChI is InChI=1S/C8H16BNO3.C7H14BNO3.CH4/c1-9(12)10-6-4-3-5-7(10)8(11)13-2;1-8(12)9-5-3-2-4-6(9)7(10)11;/h7,12H,3-6H2,1-2H3;6,12H,2-5H2,1H3,(H,10,11);1H4/t7-;6-;/m11./s1. The van der Waals surface area contributed by atoms with Crippen LogP contribution in [0.3, 0.4) is 0 Å². The smallest absolute Gasteiger partial charge is 0.377 e. The number of carboxylic acid groups (broad SMARTS) is 1. The van der Waals surface area contributed by atoms with Crippen molar-refractivity contribution in [1.82, 2.24) is 9.62 Å².